The van der Waals surface area contributed by atoms with Gasteiger partial charge in [-0.15, -0.1) is 0 Å². The first-order chi connectivity index (χ1) is 6.35. The number of piperazine rings is 1. The van der Waals surface area contributed by atoms with E-state index in [1.54, 1.807) is 7.11 Å². The highest BCUT2D eigenvalue weighted by molar-refractivity contribution is 5.49. The highest BCUT2D eigenvalue weighted by Crippen LogP contribution is 2.28. The van der Waals surface area contributed by atoms with Crippen LogP contribution in [0, 0.1) is 0 Å². The maximum absolute atomic E-state index is 10.6. The second-order valence-electron chi connectivity index (χ2n) is 3.83. The monoisotopic (exact) mass is 184 g/mol. The van der Waals surface area contributed by atoms with E-state index >= 15 is 0 Å². The normalized spacial score (nSPS) is 32.8. The summed E-state index contributed by atoms with van der Waals surface area (Å²) in [5, 5.41) is 0. The Morgan fingerprint density at radius 2 is 2.31 bits per heavy atom. The number of fused-ring (bicyclic) bond motifs is 2. The fraction of sp³-hybridized carbons (Fsp3) is 0.889. The molecule has 0 N–H and O–H groups in total. The Balaban J connectivity index is 1.84. The Kier molecular flexibility index (Phi) is 2.51. The van der Waals surface area contributed by atoms with Gasteiger partial charge in [0.1, 0.15) is 0 Å². The molecule has 2 unspecified atom stereocenters. The second-order valence-corrected chi connectivity index (χ2v) is 3.83. The van der Waals surface area contributed by atoms with E-state index in [1.807, 2.05) is 4.90 Å². The van der Waals surface area contributed by atoms with Crippen LogP contribution in [0.2, 0.25) is 0 Å². The van der Waals surface area contributed by atoms with E-state index in [2.05, 4.69) is 4.90 Å². The molecule has 2 saturated heterocycles. The molecule has 13 heavy (non-hydrogen) atoms. The molecule has 2 rings (SSSR count). The van der Waals surface area contributed by atoms with Gasteiger partial charge in [-0.3, -0.25) is 9.69 Å². The molecule has 0 spiro atoms. The van der Waals surface area contributed by atoms with Crippen LogP contribution in [0.5, 0.6) is 0 Å². The zero-order chi connectivity index (χ0) is 9.26. The molecule has 2 aliphatic heterocycles. The molecule has 74 valence electrons. The summed E-state index contributed by atoms with van der Waals surface area (Å²) < 4.78 is 5.04. The van der Waals surface area contributed by atoms with E-state index in [-0.39, 0.29) is 0 Å². The van der Waals surface area contributed by atoms with Crippen LogP contribution in [-0.2, 0) is 9.53 Å². The molecule has 2 heterocycles. The lowest BCUT2D eigenvalue weighted by Crippen LogP contribution is -2.46. The molecular weight excluding hydrogens is 168 g/mol. The number of rotatable bonds is 4. The molecule has 0 radical (unpaired) electrons. The third kappa shape index (κ3) is 1.56. The quantitative estimate of drug-likeness (QED) is 0.555. The van der Waals surface area contributed by atoms with Crippen molar-refractivity contribution in [3.8, 4) is 0 Å². The third-order valence-electron chi connectivity index (χ3n) is 3.11. The van der Waals surface area contributed by atoms with E-state index in [9.17, 15) is 4.79 Å². The van der Waals surface area contributed by atoms with Crippen LogP contribution in [0.4, 0.5) is 0 Å². The molecular formula is C9H16N2O2. The van der Waals surface area contributed by atoms with Crippen LogP contribution < -0.4 is 0 Å². The molecule has 0 aromatic heterocycles. The summed E-state index contributed by atoms with van der Waals surface area (Å²) in [5.74, 6) is 0. The Labute approximate surface area is 78.4 Å². The van der Waals surface area contributed by atoms with Gasteiger partial charge < -0.3 is 9.64 Å². The first-order valence-electron chi connectivity index (χ1n) is 4.79. The number of methoxy groups -OCH3 is 1. The van der Waals surface area contributed by atoms with Gasteiger partial charge in [-0.05, 0) is 6.42 Å². The number of carbonyl (C=O) groups excluding carboxylic acids is 1. The zero-order valence-corrected chi connectivity index (χ0v) is 7.98. The van der Waals surface area contributed by atoms with E-state index < -0.39 is 0 Å². The number of ether oxygens (including phenoxy) is 1. The highest BCUT2D eigenvalue weighted by atomic mass is 16.5. The third-order valence-corrected chi connectivity index (χ3v) is 3.11. The van der Waals surface area contributed by atoms with Crippen molar-refractivity contribution >= 4 is 6.41 Å². The molecule has 0 aliphatic carbocycles. The Morgan fingerprint density at radius 1 is 1.46 bits per heavy atom. The fourth-order valence-electron chi connectivity index (χ4n) is 2.39. The molecule has 4 heteroatoms. The van der Waals surface area contributed by atoms with Gasteiger partial charge in [-0.1, -0.05) is 0 Å². The number of nitrogens with zero attached hydrogens (tertiary/aromatic N) is 2. The minimum atomic E-state index is 0.472. The lowest BCUT2D eigenvalue weighted by Gasteiger charge is -2.31. The molecule has 2 aliphatic rings. The van der Waals surface area contributed by atoms with Crippen molar-refractivity contribution in [2.45, 2.75) is 18.5 Å². The van der Waals surface area contributed by atoms with Gasteiger partial charge in [0.05, 0.1) is 6.61 Å². The van der Waals surface area contributed by atoms with Crippen molar-refractivity contribution < 1.29 is 9.53 Å². The molecule has 0 aromatic carbocycles. The van der Waals surface area contributed by atoms with E-state index in [0.717, 1.165) is 39.1 Å². The van der Waals surface area contributed by atoms with Crippen LogP contribution in [0.3, 0.4) is 0 Å². The van der Waals surface area contributed by atoms with Gasteiger partial charge in [0.15, 0.2) is 0 Å². The largest absolute Gasteiger partial charge is 0.383 e. The number of likely N-dealkylation sites (tertiary alicyclic amines) is 2. The first kappa shape index (κ1) is 8.97. The average Bonchev–Trinajstić information content (AvgIpc) is 2.72. The van der Waals surface area contributed by atoms with Crippen molar-refractivity contribution in [3.63, 3.8) is 0 Å². The van der Waals surface area contributed by atoms with Crippen LogP contribution in [-0.4, -0.2) is 61.6 Å². The van der Waals surface area contributed by atoms with Crippen LogP contribution in [0.15, 0.2) is 0 Å². The molecule has 2 bridgehead atoms. The van der Waals surface area contributed by atoms with Crippen LogP contribution in [0.1, 0.15) is 6.42 Å². The molecule has 0 saturated carbocycles. The SMILES string of the molecule is COCCN1CC2CC1CN2C=O. The number of amides is 1. The number of hydrogen-bond donors (Lipinski definition) is 0. The standard InChI is InChI=1S/C9H16N2O2/c1-13-3-2-10-5-9-4-8(10)6-11(9)7-12/h7-9H,2-6H2,1H3. The summed E-state index contributed by atoms with van der Waals surface area (Å²) >= 11 is 0. The lowest BCUT2D eigenvalue weighted by molar-refractivity contribution is -0.120. The summed E-state index contributed by atoms with van der Waals surface area (Å²) in [6.45, 7) is 3.75. The molecule has 2 atom stereocenters. The van der Waals surface area contributed by atoms with Crippen LogP contribution in [0.25, 0.3) is 0 Å². The van der Waals surface area contributed by atoms with Crippen molar-refractivity contribution in [3.05, 3.63) is 0 Å². The van der Waals surface area contributed by atoms with Gasteiger partial charge in [-0.25, -0.2) is 0 Å². The summed E-state index contributed by atoms with van der Waals surface area (Å²) in [6, 6.07) is 1.06. The highest BCUT2D eigenvalue weighted by Gasteiger charge is 2.42. The van der Waals surface area contributed by atoms with Crippen LogP contribution >= 0.6 is 0 Å². The number of hydrogen-bond acceptors (Lipinski definition) is 3. The van der Waals surface area contributed by atoms with Gasteiger partial charge in [-0.2, -0.15) is 0 Å². The maximum atomic E-state index is 10.6. The minimum Gasteiger partial charge on any atom is -0.383 e. The van der Waals surface area contributed by atoms with Crippen molar-refractivity contribution in [1.29, 1.82) is 0 Å². The van der Waals surface area contributed by atoms with Crippen molar-refractivity contribution in [2.75, 3.05) is 33.4 Å². The minimum absolute atomic E-state index is 0.472. The van der Waals surface area contributed by atoms with Crippen molar-refractivity contribution in [1.82, 2.24) is 9.80 Å². The molecule has 1 amide bonds. The van der Waals surface area contributed by atoms with Crippen molar-refractivity contribution in [2.24, 2.45) is 0 Å². The Bertz CT molecular complexity index is 198. The van der Waals surface area contributed by atoms with Gasteiger partial charge >= 0.3 is 0 Å². The van der Waals surface area contributed by atoms with Gasteiger partial charge in [0.2, 0.25) is 6.41 Å². The summed E-state index contributed by atoms with van der Waals surface area (Å²) in [7, 11) is 1.73. The van der Waals surface area contributed by atoms with Gasteiger partial charge in [0.25, 0.3) is 0 Å². The molecule has 2 fully saturated rings. The fourth-order valence-corrected chi connectivity index (χ4v) is 2.39. The maximum Gasteiger partial charge on any atom is 0.210 e. The predicted molar refractivity (Wildman–Crippen MR) is 48.4 cm³/mol. The summed E-state index contributed by atoms with van der Waals surface area (Å²) in [4.78, 5) is 14.9. The van der Waals surface area contributed by atoms with E-state index in [1.165, 1.54) is 0 Å². The predicted octanol–water partition coefficient (Wildman–Crippen LogP) is -0.452. The van der Waals surface area contributed by atoms with E-state index in [0.29, 0.717) is 12.1 Å². The number of carbonyl (C=O) groups is 1. The Hall–Kier alpha value is -0.610. The molecule has 4 nitrogen and oxygen atoms in total. The zero-order valence-electron chi connectivity index (χ0n) is 7.98. The van der Waals surface area contributed by atoms with Gasteiger partial charge in [0, 0.05) is 38.8 Å². The molecule has 0 aromatic rings. The average molecular weight is 184 g/mol. The smallest absolute Gasteiger partial charge is 0.210 e. The Morgan fingerprint density at radius 3 is 2.85 bits per heavy atom. The lowest BCUT2D eigenvalue weighted by atomic mass is 10.2. The second kappa shape index (κ2) is 3.64. The summed E-state index contributed by atoms with van der Waals surface area (Å²) in [6.07, 6.45) is 2.14. The first-order valence-corrected chi connectivity index (χ1v) is 4.79. The van der Waals surface area contributed by atoms with E-state index in [4.69, 9.17) is 4.74 Å². The summed E-state index contributed by atoms with van der Waals surface area (Å²) in [5.41, 5.74) is 0. The topological polar surface area (TPSA) is 32.8 Å².